The summed E-state index contributed by atoms with van der Waals surface area (Å²) in [6.07, 6.45) is 1.33. The van der Waals surface area contributed by atoms with E-state index in [9.17, 15) is 19.2 Å². The van der Waals surface area contributed by atoms with E-state index in [2.05, 4.69) is 37.1 Å². The van der Waals surface area contributed by atoms with Crippen LogP contribution in [0.2, 0.25) is 5.02 Å². The van der Waals surface area contributed by atoms with E-state index in [1.165, 1.54) is 19.4 Å². The van der Waals surface area contributed by atoms with Gasteiger partial charge in [-0.15, -0.1) is 0 Å². The van der Waals surface area contributed by atoms with Gasteiger partial charge < -0.3 is 34.7 Å². The van der Waals surface area contributed by atoms with Gasteiger partial charge in [0.15, 0.2) is 30.5 Å². The lowest BCUT2D eigenvalue weighted by molar-refractivity contribution is -0.140. The maximum absolute atomic E-state index is 12.6. The Morgan fingerprint density at radius 2 is 1.93 bits per heavy atom. The summed E-state index contributed by atoms with van der Waals surface area (Å²) in [5.74, 6) is -1.64. The molecule has 3 amide bonds. The first-order valence-electron chi connectivity index (χ1n) is 12.0. The number of allylic oxidation sites excluding steroid dienone is 1. The van der Waals surface area contributed by atoms with Crippen LogP contribution in [0.1, 0.15) is 31.0 Å². The van der Waals surface area contributed by atoms with Crippen molar-refractivity contribution in [1.29, 1.82) is 0 Å². The van der Waals surface area contributed by atoms with Crippen molar-refractivity contribution in [2.24, 2.45) is 5.10 Å². The van der Waals surface area contributed by atoms with Crippen LogP contribution in [0.5, 0.6) is 17.2 Å². The van der Waals surface area contributed by atoms with Crippen LogP contribution in [0, 0.1) is 0 Å². The second-order valence-electron chi connectivity index (χ2n) is 8.28. The largest absolute Gasteiger partial charge is 0.493 e. The number of carbonyl (C=O) groups is 4. The molecule has 1 atom stereocenters. The Kier molecular flexibility index (Phi) is 10.9. The zero-order valence-corrected chi connectivity index (χ0v) is 24.4. The Hall–Kier alpha value is -4.30. The van der Waals surface area contributed by atoms with Gasteiger partial charge in [-0.1, -0.05) is 17.7 Å². The highest BCUT2D eigenvalue weighted by molar-refractivity contribution is 9.10. The van der Waals surface area contributed by atoms with Crippen LogP contribution in [-0.4, -0.2) is 62.1 Å². The molecule has 1 aliphatic heterocycles. The lowest BCUT2D eigenvalue weighted by atomic mass is 9.95. The number of methoxy groups -OCH3 is 1. The highest BCUT2D eigenvalue weighted by atomic mass is 79.9. The Bertz CT molecular complexity index is 1390. The minimum absolute atomic E-state index is 0.149. The molecule has 0 saturated heterocycles. The number of nitrogens with one attached hydrogen (secondary N) is 3. The average molecular weight is 654 g/mol. The normalized spacial score (nSPS) is 14.7. The molecule has 0 fully saturated rings. The first-order chi connectivity index (χ1) is 19.5. The van der Waals surface area contributed by atoms with E-state index in [1.807, 2.05) is 0 Å². The first-order valence-corrected chi connectivity index (χ1v) is 13.1. The number of urea groups is 1. The predicted molar refractivity (Wildman–Crippen MR) is 150 cm³/mol. The number of nitrogens with zero attached hydrogens (tertiary/aromatic N) is 1. The number of carbonyl (C=O) groups excluding carboxylic acids is 3. The number of carboxylic acid groups (broad SMARTS) is 1. The van der Waals surface area contributed by atoms with E-state index in [0.29, 0.717) is 21.3 Å². The Balaban J connectivity index is 1.65. The highest BCUT2D eigenvalue weighted by Crippen LogP contribution is 2.35. The van der Waals surface area contributed by atoms with Crippen LogP contribution in [0.4, 0.5) is 4.79 Å². The number of carboxylic acids is 1. The van der Waals surface area contributed by atoms with E-state index in [-0.39, 0.29) is 34.5 Å². The zero-order valence-electron chi connectivity index (χ0n) is 22.1. The number of amides is 3. The summed E-state index contributed by atoms with van der Waals surface area (Å²) in [5.41, 5.74) is 3.96. The van der Waals surface area contributed by atoms with Gasteiger partial charge in [-0.2, -0.15) is 5.10 Å². The van der Waals surface area contributed by atoms with Gasteiger partial charge in [0.1, 0.15) is 0 Å². The van der Waals surface area contributed by atoms with Gasteiger partial charge in [-0.3, -0.25) is 4.79 Å². The molecule has 0 bridgehead atoms. The van der Waals surface area contributed by atoms with Crippen LogP contribution in [-0.2, 0) is 19.1 Å². The summed E-state index contributed by atoms with van der Waals surface area (Å²) in [6.45, 7) is 2.49. The van der Waals surface area contributed by atoms with E-state index in [4.69, 9.17) is 35.7 Å². The van der Waals surface area contributed by atoms with Gasteiger partial charge in [-0.25, -0.2) is 19.8 Å². The van der Waals surface area contributed by atoms with Crippen LogP contribution < -0.4 is 30.3 Å². The number of ether oxygens (including phenoxy) is 4. The summed E-state index contributed by atoms with van der Waals surface area (Å²) in [7, 11) is 1.41. The van der Waals surface area contributed by atoms with Gasteiger partial charge in [0.05, 0.1) is 41.0 Å². The molecule has 13 nitrogen and oxygen atoms in total. The van der Waals surface area contributed by atoms with Gasteiger partial charge in [-0.05, 0) is 65.2 Å². The van der Waals surface area contributed by atoms with Crippen molar-refractivity contribution in [3.05, 3.63) is 62.2 Å². The quantitative estimate of drug-likeness (QED) is 0.152. The second kappa shape index (κ2) is 14.4. The maximum Gasteiger partial charge on any atom is 0.341 e. The third kappa shape index (κ3) is 8.35. The summed E-state index contributed by atoms with van der Waals surface area (Å²) in [6, 6.07) is 6.54. The SMILES string of the molecule is CCOC(=O)C1=C(C)NC(=O)N[C@@H]1c1ccc(OCC(=O)N/N=C\c2cc(Cl)c(OCC(=O)O)c(Br)c2)c(OC)c1. The van der Waals surface area contributed by atoms with Gasteiger partial charge in [0.25, 0.3) is 5.91 Å². The number of aliphatic carboxylic acids is 1. The highest BCUT2D eigenvalue weighted by Gasteiger charge is 2.32. The molecule has 0 aliphatic carbocycles. The molecule has 0 unspecified atom stereocenters. The van der Waals surface area contributed by atoms with Crippen molar-refractivity contribution in [3.63, 3.8) is 0 Å². The smallest absolute Gasteiger partial charge is 0.341 e. The lowest BCUT2D eigenvalue weighted by Gasteiger charge is -2.28. The average Bonchev–Trinajstić information content (AvgIpc) is 2.90. The second-order valence-corrected chi connectivity index (χ2v) is 9.54. The minimum atomic E-state index is -1.15. The monoisotopic (exact) mass is 652 g/mol. The molecule has 0 aromatic heterocycles. The third-order valence-corrected chi connectivity index (χ3v) is 6.28. The Morgan fingerprint density at radius 3 is 2.59 bits per heavy atom. The maximum atomic E-state index is 12.6. The number of hydrogen-bond donors (Lipinski definition) is 4. The van der Waals surface area contributed by atoms with E-state index in [0.717, 1.165) is 0 Å². The van der Waals surface area contributed by atoms with Crippen LogP contribution in [0.25, 0.3) is 0 Å². The van der Waals surface area contributed by atoms with Gasteiger partial charge >= 0.3 is 18.0 Å². The summed E-state index contributed by atoms with van der Waals surface area (Å²) in [4.78, 5) is 47.7. The zero-order chi connectivity index (χ0) is 30.1. The Labute approximate surface area is 247 Å². The van der Waals surface area contributed by atoms with E-state index < -0.39 is 43.1 Å². The van der Waals surface area contributed by atoms with E-state index >= 15 is 0 Å². The van der Waals surface area contributed by atoms with Crippen LogP contribution in [0.3, 0.4) is 0 Å². The van der Waals surface area contributed by atoms with Crippen molar-refractivity contribution in [1.82, 2.24) is 16.1 Å². The molecule has 0 saturated carbocycles. The molecule has 15 heteroatoms. The molecule has 0 radical (unpaired) electrons. The fourth-order valence-electron chi connectivity index (χ4n) is 3.69. The molecule has 2 aromatic carbocycles. The molecular weight excluding hydrogens is 628 g/mol. The molecule has 3 rings (SSSR count). The van der Waals surface area contributed by atoms with E-state index in [1.54, 1.807) is 38.1 Å². The molecule has 218 valence electrons. The summed E-state index contributed by atoms with van der Waals surface area (Å²) < 4.78 is 21.7. The number of benzene rings is 2. The molecule has 4 N–H and O–H groups in total. The Morgan fingerprint density at radius 1 is 1.17 bits per heavy atom. The number of halogens is 2. The first kappa shape index (κ1) is 31.2. The lowest BCUT2D eigenvalue weighted by Crippen LogP contribution is -2.45. The predicted octanol–water partition coefficient (Wildman–Crippen LogP) is 3.29. The van der Waals surface area contributed by atoms with Crippen molar-refractivity contribution >= 4 is 57.6 Å². The summed E-state index contributed by atoms with van der Waals surface area (Å²) in [5, 5.41) is 18.0. The van der Waals surface area contributed by atoms with Crippen molar-refractivity contribution in [2.75, 3.05) is 26.9 Å². The summed E-state index contributed by atoms with van der Waals surface area (Å²) >= 11 is 9.39. The fourth-order valence-corrected chi connectivity index (χ4v) is 4.68. The minimum Gasteiger partial charge on any atom is -0.493 e. The van der Waals surface area contributed by atoms with Crippen molar-refractivity contribution in [2.45, 2.75) is 19.9 Å². The van der Waals surface area contributed by atoms with Crippen LogP contribution >= 0.6 is 27.5 Å². The number of rotatable bonds is 12. The van der Waals surface area contributed by atoms with Gasteiger partial charge in [0.2, 0.25) is 0 Å². The van der Waals surface area contributed by atoms with Crippen LogP contribution in [0.15, 0.2) is 51.2 Å². The van der Waals surface area contributed by atoms with Gasteiger partial charge in [0, 0.05) is 5.70 Å². The van der Waals surface area contributed by atoms with Crippen molar-refractivity contribution in [3.8, 4) is 17.2 Å². The standard InChI is InChI=1S/C26H26BrClN4O9/c1-4-39-25(36)22-13(2)30-26(37)31-23(22)15-5-6-18(19(9-15)38-3)40-11-20(33)32-29-10-14-7-16(27)24(17(28)8-14)41-12-21(34)35/h5-10,23H,4,11-12H2,1-3H3,(H,32,33)(H,34,35)(H2,30,31,37)/b29-10-/t23-/m1/s1. The molecular formula is C26H26BrClN4O9. The topological polar surface area (TPSA) is 174 Å². The molecule has 41 heavy (non-hydrogen) atoms. The number of hydrazone groups is 1. The number of hydrogen-bond acceptors (Lipinski definition) is 9. The van der Waals surface area contributed by atoms with Crippen molar-refractivity contribution < 1.29 is 43.2 Å². The molecule has 0 spiro atoms. The molecule has 1 heterocycles. The molecule has 1 aliphatic rings. The third-order valence-electron chi connectivity index (χ3n) is 5.41. The molecule has 2 aromatic rings. The fraction of sp³-hybridized carbons (Fsp3) is 0.269. The number of esters is 1.